The molecule has 0 unspecified atom stereocenters. The van der Waals surface area contributed by atoms with Crippen molar-refractivity contribution < 1.29 is 28.0 Å². The Morgan fingerprint density at radius 3 is 2.76 bits per heavy atom. The van der Waals surface area contributed by atoms with Crippen LogP contribution in [0.15, 0.2) is 29.5 Å². The molecule has 1 saturated carbocycles. The molecule has 1 saturated heterocycles. The maximum atomic E-state index is 13.2. The molecule has 4 atom stereocenters. The van der Waals surface area contributed by atoms with Gasteiger partial charge in [0.05, 0.1) is 23.2 Å². The summed E-state index contributed by atoms with van der Waals surface area (Å²) in [5, 5.41) is 12.8. The number of nitrogens with two attached hydrogens (primary N) is 1. The monoisotopic (exact) mass is 466 g/mol. The molecule has 178 valence electrons. The number of likely N-dealkylation sites (tertiary alicyclic amines) is 1. The number of halogens is 3. The Balaban J connectivity index is 1.66. The highest BCUT2D eigenvalue weighted by Crippen LogP contribution is 2.31. The number of benzene rings is 1. The molecular weight excluding hydrogens is 441 g/mol. The maximum Gasteiger partial charge on any atom is 0.416 e. The van der Waals surface area contributed by atoms with E-state index < -0.39 is 17.8 Å². The molecule has 12 heteroatoms. The predicted octanol–water partition coefficient (Wildman–Crippen LogP) is 1.18. The van der Waals surface area contributed by atoms with Crippen LogP contribution in [0.4, 0.5) is 13.2 Å². The van der Waals surface area contributed by atoms with Crippen molar-refractivity contribution in [3.8, 4) is 0 Å². The van der Waals surface area contributed by atoms with Crippen LogP contribution in [-0.4, -0.2) is 62.3 Å². The molecule has 33 heavy (non-hydrogen) atoms. The predicted molar refractivity (Wildman–Crippen MR) is 111 cm³/mol. The fourth-order valence-corrected chi connectivity index (χ4v) is 4.69. The second-order valence-corrected chi connectivity index (χ2v) is 8.56. The van der Waals surface area contributed by atoms with Crippen molar-refractivity contribution in [1.29, 1.82) is 0 Å². The van der Waals surface area contributed by atoms with Gasteiger partial charge in [-0.2, -0.15) is 17.9 Å². The number of hydrogen-bond acceptors (Lipinski definition) is 6. The molecule has 2 heterocycles. The van der Waals surface area contributed by atoms with Gasteiger partial charge < -0.3 is 21.2 Å². The van der Waals surface area contributed by atoms with Crippen molar-refractivity contribution in [2.24, 2.45) is 10.7 Å². The molecule has 1 aliphatic carbocycles. The molecule has 4 N–H and O–H groups in total. The summed E-state index contributed by atoms with van der Waals surface area (Å²) < 4.78 is 40.2. The van der Waals surface area contributed by atoms with Crippen molar-refractivity contribution in [3.05, 3.63) is 35.6 Å². The quantitative estimate of drug-likeness (QED) is 0.586. The number of fused-ring (bicyclic) bond motifs is 1. The minimum Gasteiger partial charge on any atom is -0.427 e. The van der Waals surface area contributed by atoms with Crippen LogP contribution >= 0.6 is 0 Å². The topological polar surface area (TPSA) is 126 Å². The first-order valence-corrected chi connectivity index (χ1v) is 10.7. The molecule has 2 aromatic rings. The third-order valence-corrected chi connectivity index (χ3v) is 6.23. The highest BCUT2D eigenvalue weighted by atomic mass is 19.4. The number of aromatic nitrogens is 2. The van der Waals surface area contributed by atoms with Crippen LogP contribution in [0.25, 0.3) is 10.9 Å². The van der Waals surface area contributed by atoms with E-state index in [1.54, 1.807) is 4.90 Å². The number of carbonyl (C=O) groups excluding carboxylic acids is 2. The van der Waals surface area contributed by atoms with Gasteiger partial charge in [-0.3, -0.25) is 14.6 Å². The lowest BCUT2D eigenvalue weighted by atomic mass is 9.86. The number of nitrogens with one attached hydrogen (secondary N) is 1. The van der Waals surface area contributed by atoms with Gasteiger partial charge in [0, 0.05) is 24.9 Å². The molecule has 9 nitrogen and oxygen atoms in total. The summed E-state index contributed by atoms with van der Waals surface area (Å²) in [6, 6.07) is 1.47. The molecule has 2 aliphatic rings. The molecular formula is C21H25F3N6O3. The van der Waals surface area contributed by atoms with Crippen LogP contribution < -0.4 is 16.5 Å². The highest BCUT2D eigenvalue weighted by Gasteiger charge is 2.41. The number of hydrogen-bond donors (Lipinski definition) is 3. The second kappa shape index (κ2) is 8.65. The summed E-state index contributed by atoms with van der Waals surface area (Å²) in [6.45, 7) is 1.82. The lowest BCUT2D eigenvalue weighted by molar-refractivity contribution is -0.137. The number of nitrogens with zero attached hydrogens (tertiary/aromatic N) is 4. The first-order valence-electron chi connectivity index (χ1n) is 10.7. The van der Waals surface area contributed by atoms with E-state index in [2.05, 4.69) is 15.3 Å². The summed E-state index contributed by atoms with van der Waals surface area (Å²) in [5.41, 5.74) is 5.18. The summed E-state index contributed by atoms with van der Waals surface area (Å²) in [6.07, 6.45) is -1.28. The SMILES string of the molecule is CC(=O)N[C@@H]1C[C@H](N)CC[C@@H]1N1CC[C@H](N=c2ncn(O)c3ccc(C(F)(F)F)cc23)C1=O. The van der Waals surface area contributed by atoms with Crippen molar-refractivity contribution in [2.75, 3.05) is 6.54 Å². The Bertz CT molecular complexity index is 1150. The summed E-state index contributed by atoms with van der Waals surface area (Å²) in [7, 11) is 0. The first-order chi connectivity index (χ1) is 15.5. The van der Waals surface area contributed by atoms with Crippen LogP contribution in [0, 0.1) is 0 Å². The number of rotatable bonds is 3. The van der Waals surface area contributed by atoms with E-state index in [-0.39, 0.29) is 46.3 Å². The van der Waals surface area contributed by atoms with Crippen LogP contribution in [-0.2, 0) is 15.8 Å². The third-order valence-electron chi connectivity index (χ3n) is 6.23. The number of carbonyl (C=O) groups is 2. The van der Waals surface area contributed by atoms with Gasteiger partial charge in [0.15, 0.2) is 5.49 Å². The Kier molecular flexibility index (Phi) is 6.04. The fraction of sp³-hybridized carbons (Fsp3) is 0.524. The minimum atomic E-state index is -4.58. The maximum absolute atomic E-state index is 13.2. The number of alkyl halides is 3. The normalized spacial score (nSPS) is 26.8. The van der Waals surface area contributed by atoms with E-state index in [4.69, 9.17) is 5.73 Å². The van der Waals surface area contributed by atoms with Crippen molar-refractivity contribution in [2.45, 2.75) is 63.0 Å². The molecule has 2 fully saturated rings. The summed E-state index contributed by atoms with van der Waals surface area (Å²) in [4.78, 5) is 34.8. The zero-order chi connectivity index (χ0) is 23.9. The zero-order valence-corrected chi connectivity index (χ0v) is 17.9. The van der Waals surface area contributed by atoms with E-state index >= 15 is 0 Å². The fourth-order valence-electron chi connectivity index (χ4n) is 4.69. The lowest BCUT2D eigenvalue weighted by Gasteiger charge is -2.40. The first kappa shape index (κ1) is 23.0. The van der Waals surface area contributed by atoms with Gasteiger partial charge in [-0.15, -0.1) is 0 Å². The van der Waals surface area contributed by atoms with Gasteiger partial charge >= 0.3 is 6.18 Å². The molecule has 1 aliphatic heterocycles. The van der Waals surface area contributed by atoms with Gasteiger partial charge in [-0.05, 0) is 43.9 Å². The molecule has 0 bridgehead atoms. The van der Waals surface area contributed by atoms with Crippen molar-refractivity contribution in [3.63, 3.8) is 0 Å². The van der Waals surface area contributed by atoms with E-state index in [0.29, 0.717) is 37.0 Å². The molecule has 1 aromatic carbocycles. The Hall–Kier alpha value is -3.15. The van der Waals surface area contributed by atoms with Crippen LogP contribution in [0.5, 0.6) is 0 Å². The summed E-state index contributed by atoms with van der Waals surface area (Å²) in [5.74, 6) is -0.474. The average molecular weight is 466 g/mol. The molecule has 0 radical (unpaired) electrons. The highest BCUT2D eigenvalue weighted by molar-refractivity contribution is 5.85. The van der Waals surface area contributed by atoms with Gasteiger partial charge in [0.25, 0.3) is 0 Å². The Morgan fingerprint density at radius 2 is 2.06 bits per heavy atom. The lowest BCUT2D eigenvalue weighted by Crippen LogP contribution is -2.57. The summed E-state index contributed by atoms with van der Waals surface area (Å²) >= 11 is 0. The van der Waals surface area contributed by atoms with Crippen LogP contribution in [0.3, 0.4) is 0 Å². The largest absolute Gasteiger partial charge is 0.427 e. The Morgan fingerprint density at radius 1 is 1.30 bits per heavy atom. The average Bonchev–Trinajstić information content (AvgIpc) is 3.09. The van der Waals surface area contributed by atoms with Crippen LogP contribution in [0.2, 0.25) is 0 Å². The smallest absolute Gasteiger partial charge is 0.416 e. The standard InChI is InChI=1S/C21H25F3N6O3/c1-11(31)27-16-9-13(25)3-5-18(16)29-7-6-15(20(29)32)28-19-14-8-12(21(22,23)24)2-4-17(14)30(33)10-26-19/h2,4,8,10,13,15-16,18,33H,3,5-7,9,25H2,1H3,(H,27,31)/t13-,15+,16-,18+/m1/s1. The molecule has 4 rings (SSSR count). The molecule has 1 aromatic heterocycles. The minimum absolute atomic E-state index is 0.0131. The van der Waals surface area contributed by atoms with Gasteiger partial charge in [0.2, 0.25) is 11.8 Å². The van der Waals surface area contributed by atoms with E-state index in [1.807, 2.05) is 0 Å². The van der Waals surface area contributed by atoms with Crippen molar-refractivity contribution in [1.82, 2.24) is 19.9 Å². The van der Waals surface area contributed by atoms with Crippen LogP contribution in [0.1, 0.15) is 38.2 Å². The second-order valence-electron chi connectivity index (χ2n) is 8.56. The van der Waals surface area contributed by atoms with Gasteiger partial charge in [-0.1, -0.05) is 0 Å². The van der Waals surface area contributed by atoms with Crippen molar-refractivity contribution >= 4 is 22.7 Å². The van der Waals surface area contributed by atoms with E-state index in [1.165, 1.54) is 6.92 Å². The van der Waals surface area contributed by atoms with E-state index in [0.717, 1.165) is 24.5 Å². The third kappa shape index (κ3) is 4.65. The number of amides is 2. The van der Waals surface area contributed by atoms with Gasteiger partial charge in [0.1, 0.15) is 12.4 Å². The van der Waals surface area contributed by atoms with E-state index in [9.17, 15) is 28.0 Å². The molecule has 2 amide bonds. The zero-order valence-electron chi connectivity index (χ0n) is 17.9. The van der Waals surface area contributed by atoms with Gasteiger partial charge in [-0.25, -0.2) is 4.98 Å². The molecule has 0 spiro atoms. The Labute approximate surface area is 187 Å².